The summed E-state index contributed by atoms with van der Waals surface area (Å²) in [6, 6.07) is -0.581. The number of piperidine rings is 1. The van der Waals surface area contributed by atoms with E-state index in [9.17, 15) is 9.59 Å². The fraction of sp³-hybridized carbons (Fsp3) is 0.833. The number of carbonyl (C=O) groups excluding carboxylic acids is 1. The second kappa shape index (κ2) is 6.51. The number of hydrogen-bond acceptors (Lipinski definition) is 2. The number of rotatable bonds is 6. The summed E-state index contributed by atoms with van der Waals surface area (Å²) in [5.74, 6) is -0.848. The van der Waals surface area contributed by atoms with Crippen molar-refractivity contribution < 1.29 is 14.7 Å². The molecule has 0 saturated carbocycles. The van der Waals surface area contributed by atoms with Gasteiger partial charge in [-0.05, 0) is 19.3 Å². The highest BCUT2D eigenvalue weighted by Crippen LogP contribution is 2.19. The summed E-state index contributed by atoms with van der Waals surface area (Å²) in [5, 5.41) is 9.04. The second-order valence-electron chi connectivity index (χ2n) is 4.39. The van der Waals surface area contributed by atoms with Crippen molar-refractivity contribution in [2.45, 2.75) is 57.9 Å². The quantitative estimate of drug-likeness (QED) is 0.706. The fourth-order valence-electron chi connectivity index (χ4n) is 2.17. The molecule has 0 spiro atoms. The number of carboxylic acids is 1. The van der Waals surface area contributed by atoms with Crippen molar-refractivity contribution in [1.29, 1.82) is 0 Å². The molecule has 0 radical (unpaired) electrons. The summed E-state index contributed by atoms with van der Waals surface area (Å²) in [7, 11) is 0. The van der Waals surface area contributed by atoms with E-state index in [0.717, 1.165) is 25.7 Å². The monoisotopic (exact) mass is 227 g/mol. The number of unbranched alkanes of at least 4 members (excludes halogenated alkanes) is 3. The highest BCUT2D eigenvalue weighted by atomic mass is 16.4. The number of hydrogen-bond donors (Lipinski definition) is 1. The van der Waals surface area contributed by atoms with Gasteiger partial charge in [-0.25, -0.2) is 4.79 Å². The van der Waals surface area contributed by atoms with Crippen LogP contribution < -0.4 is 0 Å². The predicted molar refractivity (Wildman–Crippen MR) is 61.1 cm³/mol. The molecule has 4 heteroatoms. The number of carboxylic acid groups (broad SMARTS) is 1. The third-order valence-electron chi connectivity index (χ3n) is 3.10. The first-order chi connectivity index (χ1) is 7.66. The zero-order valence-electron chi connectivity index (χ0n) is 9.95. The van der Waals surface area contributed by atoms with Gasteiger partial charge >= 0.3 is 5.97 Å². The molecule has 1 amide bonds. The normalized spacial score (nSPS) is 21.2. The minimum atomic E-state index is -0.858. The number of amides is 1. The lowest BCUT2D eigenvalue weighted by Gasteiger charge is -2.32. The molecule has 1 aliphatic rings. The first kappa shape index (κ1) is 13.0. The molecule has 16 heavy (non-hydrogen) atoms. The van der Waals surface area contributed by atoms with Crippen LogP contribution in [0.25, 0.3) is 0 Å². The highest BCUT2D eigenvalue weighted by Gasteiger charge is 2.32. The lowest BCUT2D eigenvalue weighted by molar-refractivity contribution is -0.153. The van der Waals surface area contributed by atoms with Crippen molar-refractivity contribution in [2.24, 2.45) is 0 Å². The van der Waals surface area contributed by atoms with Gasteiger partial charge in [0, 0.05) is 13.0 Å². The van der Waals surface area contributed by atoms with E-state index in [-0.39, 0.29) is 5.91 Å². The van der Waals surface area contributed by atoms with Gasteiger partial charge < -0.3 is 10.0 Å². The van der Waals surface area contributed by atoms with Crippen LogP contribution in [0, 0.1) is 0 Å². The van der Waals surface area contributed by atoms with Crippen LogP contribution in [-0.2, 0) is 9.59 Å². The Morgan fingerprint density at radius 1 is 1.44 bits per heavy atom. The van der Waals surface area contributed by atoms with Crippen molar-refractivity contribution in [3.05, 3.63) is 0 Å². The average molecular weight is 227 g/mol. The van der Waals surface area contributed by atoms with Crippen molar-refractivity contribution in [2.75, 3.05) is 6.54 Å². The van der Waals surface area contributed by atoms with E-state index in [4.69, 9.17) is 5.11 Å². The molecule has 0 bridgehead atoms. The van der Waals surface area contributed by atoms with Gasteiger partial charge in [-0.1, -0.05) is 26.2 Å². The van der Waals surface area contributed by atoms with Crippen LogP contribution in [0.4, 0.5) is 0 Å². The van der Waals surface area contributed by atoms with Crippen LogP contribution in [0.2, 0.25) is 0 Å². The van der Waals surface area contributed by atoms with Crippen LogP contribution in [0.15, 0.2) is 0 Å². The van der Waals surface area contributed by atoms with Gasteiger partial charge in [-0.3, -0.25) is 4.79 Å². The van der Waals surface area contributed by atoms with E-state index < -0.39 is 12.0 Å². The molecule has 4 nitrogen and oxygen atoms in total. The molecule has 0 aliphatic carbocycles. The molecular formula is C12H21NO3. The van der Waals surface area contributed by atoms with Gasteiger partial charge in [0.15, 0.2) is 0 Å². The van der Waals surface area contributed by atoms with E-state index in [1.807, 2.05) is 0 Å². The van der Waals surface area contributed by atoms with E-state index in [1.165, 1.54) is 0 Å². The van der Waals surface area contributed by atoms with Gasteiger partial charge in [0.25, 0.3) is 0 Å². The molecule has 1 unspecified atom stereocenters. The summed E-state index contributed by atoms with van der Waals surface area (Å²) in [4.78, 5) is 24.2. The molecule has 1 N–H and O–H groups in total. The van der Waals surface area contributed by atoms with E-state index in [0.29, 0.717) is 25.8 Å². The topological polar surface area (TPSA) is 57.6 Å². The first-order valence-corrected chi connectivity index (χ1v) is 6.19. The van der Waals surface area contributed by atoms with Crippen LogP contribution in [0.5, 0.6) is 0 Å². The van der Waals surface area contributed by atoms with Crippen LogP contribution in [-0.4, -0.2) is 34.5 Å². The Bertz CT molecular complexity index is 253. The third kappa shape index (κ3) is 3.51. The predicted octanol–water partition coefficient (Wildman–Crippen LogP) is 2.03. The Morgan fingerprint density at radius 3 is 2.81 bits per heavy atom. The van der Waals surface area contributed by atoms with Crippen molar-refractivity contribution >= 4 is 11.9 Å². The van der Waals surface area contributed by atoms with Gasteiger partial charge in [0.2, 0.25) is 5.91 Å². The molecule has 1 rings (SSSR count). The van der Waals surface area contributed by atoms with Crippen molar-refractivity contribution in [3.63, 3.8) is 0 Å². The number of nitrogens with zero attached hydrogens (tertiary/aromatic N) is 1. The number of carbonyl (C=O) groups is 2. The van der Waals surface area contributed by atoms with Crippen molar-refractivity contribution in [3.8, 4) is 0 Å². The maximum absolute atomic E-state index is 11.6. The largest absolute Gasteiger partial charge is 0.480 e. The minimum Gasteiger partial charge on any atom is -0.480 e. The van der Waals surface area contributed by atoms with E-state index >= 15 is 0 Å². The molecule has 1 aliphatic heterocycles. The Balaban J connectivity index is 2.44. The van der Waals surface area contributed by atoms with Crippen LogP contribution in [0.3, 0.4) is 0 Å². The molecule has 0 aromatic carbocycles. The summed E-state index contributed by atoms with van der Waals surface area (Å²) in [6.45, 7) is 2.74. The Morgan fingerprint density at radius 2 is 2.19 bits per heavy atom. The SMILES string of the molecule is CCCCCCN1C(=O)CCCC1C(=O)O. The fourth-order valence-corrected chi connectivity index (χ4v) is 2.17. The van der Waals surface area contributed by atoms with Gasteiger partial charge in [-0.2, -0.15) is 0 Å². The van der Waals surface area contributed by atoms with E-state index in [2.05, 4.69) is 6.92 Å². The lowest BCUT2D eigenvalue weighted by Crippen LogP contribution is -2.48. The Hall–Kier alpha value is -1.06. The third-order valence-corrected chi connectivity index (χ3v) is 3.10. The minimum absolute atomic E-state index is 0.00940. The van der Waals surface area contributed by atoms with Gasteiger partial charge in [-0.15, -0.1) is 0 Å². The average Bonchev–Trinajstić information content (AvgIpc) is 2.25. The van der Waals surface area contributed by atoms with Crippen LogP contribution >= 0.6 is 0 Å². The summed E-state index contributed by atoms with van der Waals surface area (Å²) < 4.78 is 0. The molecule has 0 aromatic rings. The number of aliphatic carboxylic acids is 1. The highest BCUT2D eigenvalue weighted by molar-refractivity contribution is 5.84. The standard InChI is InChI=1S/C12H21NO3/c1-2-3-4-5-9-13-10(12(15)16)7-6-8-11(13)14/h10H,2-9H2,1H3,(H,15,16). The van der Waals surface area contributed by atoms with Crippen LogP contribution in [0.1, 0.15) is 51.9 Å². The molecular weight excluding hydrogens is 206 g/mol. The summed E-state index contributed by atoms with van der Waals surface area (Å²) in [5.41, 5.74) is 0. The summed E-state index contributed by atoms with van der Waals surface area (Å²) in [6.07, 6.45) is 6.12. The molecule has 1 atom stereocenters. The lowest BCUT2D eigenvalue weighted by atomic mass is 10.0. The Labute approximate surface area is 96.6 Å². The smallest absolute Gasteiger partial charge is 0.326 e. The molecule has 0 aromatic heterocycles. The van der Waals surface area contributed by atoms with Gasteiger partial charge in [0.1, 0.15) is 6.04 Å². The maximum atomic E-state index is 11.6. The molecule has 1 saturated heterocycles. The van der Waals surface area contributed by atoms with Gasteiger partial charge in [0.05, 0.1) is 0 Å². The van der Waals surface area contributed by atoms with Crippen molar-refractivity contribution in [1.82, 2.24) is 4.90 Å². The zero-order chi connectivity index (χ0) is 12.0. The zero-order valence-corrected chi connectivity index (χ0v) is 9.95. The molecule has 92 valence electrons. The Kier molecular flexibility index (Phi) is 5.29. The molecule has 1 fully saturated rings. The van der Waals surface area contributed by atoms with E-state index in [1.54, 1.807) is 4.90 Å². The maximum Gasteiger partial charge on any atom is 0.326 e. The first-order valence-electron chi connectivity index (χ1n) is 6.19. The number of likely N-dealkylation sites (tertiary alicyclic amines) is 1. The summed E-state index contributed by atoms with van der Waals surface area (Å²) >= 11 is 0. The second-order valence-corrected chi connectivity index (χ2v) is 4.39. The molecule has 1 heterocycles.